The summed E-state index contributed by atoms with van der Waals surface area (Å²) >= 11 is 4.91. The highest BCUT2D eigenvalue weighted by Gasteiger charge is 2.28. The van der Waals surface area contributed by atoms with Gasteiger partial charge >= 0.3 is 5.97 Å². The van der Waals surface area contributed by atoms with Crippen molar-refractivity contribution in [2.75, 3.05) is 93.0 Å². The molecule has 7 atom stereocenters. The summed E-state index contributed by atoms with van der Waals surface area (Å²) in [5.41, 5.74) is 0. The molecule has 254 valence electrons. The first-order chi connectivity index (χ1) is 20.9. The number of allylic oxidation sites excluding steroid dienone is 1. The number of nitrogens with one attached hydrogen (secondary N) is 1. The summed E-state index contributed by atoms with van der Waals surface area (Å²) < 4.78 is 26.4. The van der Waals surface area contributed by atoms with E-state index in [1.807, 2.05) is 14.0 Å². The first kappa shape index (κ1) is 45.4. The van der Waals surface area contributed by atoms with E-state index in [0.717, 1.165) is 19.6 Å². The van der Waals surface area contributed by atoms with Gasteiger partial charge < -0.3 is 24.1 Å². The summed E-state index contributed by atoms with van der Waals surface area (Å²) in [6, 6.07) is 3.66. The maximum atomic E-state index is 11.5. The minimum atomic E-state index is -0.406. The van der Waals surface area contributed by atoms with Gasteiger partial charge in [0.05, 0.1) is 46.2 Å². The van der Waals surface area contributed by atoms with Crippen molar-refractivity contribution in [3.8, 4) is 12.1 Å². The van der Waals surface area contributed by atoms with Gasteiger partial charge in [-0.2, -0.15) is 10.5 Å². The SMILES string of the molecule is C=C(Cl)C#N.CCOC(=O)C1CN(P)CCO1.CON(C)C(=O)C1CN(P)CCO1.N#CC1CN(P)CCO1.OCCNP. The van der Waals surface area contributed by atoms with Gasteiger partial charge in [0.1, 0.15) is 11.1 Å². The van der Waals surface area contributed by atoms with Gasteiger partial charge in [0, 0.05) is 52.9 Å². The number of nitriles is 2. The second-order valence-corrected chi connectivity index (χ2v) is 11.7. The lowest BCUT2D eigenvalue weighted by molar-refractivity contribution is -0.183. The lowest BCUT2D eigenvalue weighted by Gasteiger charge is -2.30. The van der Waals surface area contributed by atoms with Gasteiger partial charge in [-0.3, -0.25) is 28.7 Å². The first-order valence-electron chi connectivity index (χ1n) is 13.4. The molecule has 0 spiro atoms. The van der Waals surface area contributed by atoms with Crippen molar-refractivity contribution in [1.82, 2.24) is 24.2 Å². The molecule has 3 saturated heterocycles. The number of hydrogen-bond donors (Lipinski definition) is 2. The number of likely N-dealkylation sites (N-methyl/N-ethyl adjacent to an activating group) is 1. The third kappa shape index (κ3) is 24.5. The average Bonchev–Trinajstić information content (AvgIpc) is 3.02. The maximum Gasteiger partial charge on any atom is 0.336 e. The number of hydroxylamine groups is 2. The Morgan fingerprint density at radius 3 is 1.86 bits per heavy atom. The number of ether oxygens (including phenoxy) is 4. The molecule has 20 heteroatoms. The normalized spacial score (nSPS) is 21.8. The van der Waals surface area contributed by atoms with Crippen LogP contribution in [0.3, 0.4) is 0 Å². The molecule has 0 aromatic rings. The predicted octanol–water partition coefficient (Wildman–Crippen LogP) is 0.159. The minimum Gasteiger partial charge on any atom is -0.464 e. The quantitative estimate of drug-likeness (QED) is 0.164. The molecule has 0 aromatic heterocycles. The average molecular weight is 722 g/mol. The van der Waals surface area contributed by atoms with Crippen LogP contribution in [0.15, 0.2) is 11.6 Å². The molecular weight excluding hydrogens is 674 g/mol. The van der Waals surface area contributed by atoms with Crippen LogP contribution in [-0.2, 0) is 33.4 Å². The number of nitrogens with zero attached hydrogens (tertiary/aromatic N) is 6. The zero-order valence-corrected chi connectivity index (χ0v) is 31.0. The zero-order chi connectivity index (χ0) is 33.9. The lowest BCUT2D eigenvalue weighted by atomic mass is 10.3. The zero-order valence-electron chi connectivity index (χ0n) is 25.6. The number of aliphatic hydroxyl groups excluding tert-OH is 1. The molecule has 15 nitrogen and oxygen atoms in total. The topological polar surface area (TPSA) is 173 Å². The number of carbonyl (C=O) groups excluding carboxylic acids is 2. The van der Waals surface area contributed by atoms with Crippen LogP contribution in [0.25, 0.3) is 0 Å². The van der Waals surface area contributed by atoms with Crippen molar-refractivity contribution in [2.24, 2.45) is 0 Å². The molecule has 0 bridgehead atoms. The van der Waals surface area contributed by atoms with E-state index in [4.69, 9.17) is 51.0 Å². The molecular formula is C24H48ClN7O8P4. The molecule has 3 heterocycles. The van der Waals surface area contributed by atoms with Gasteiger partial charge in [-0.25, -0.2) is 9.86 Å². The Kier molecular flexibility index (Phi) is 30.7. The number of halogens is 1. The molecule has 0 saturated carbocycles. The molecule has 44 heavy (non-hydrogen) atoms. The van der Waals surface area contributed by atoms with Crippen LogP contribution in [0.2, 0.25) is 0 Å². The van der Waals surface area contributed by atoms with Crippen LogP contribution in [0.1, 0.15) is 6.92 Å². The van der Waals surface area contributed by atoms with E-state index >= 15 is 0 Å². The monoisotopic (exact) mass is 721 g/mol. The van der Waals surface area contributed by atoms with Gasteiger partial charge in [0.15, 0.2) is 18.3 Å². The van der Waals surface area contributed by atoms with Gasteiger partial charge in [0.25, 0.3) is 5.91 Å². The molecule has 0 radical (unpaired) electrons. The molecule has 0 aliphatic carbocycles. The predicted molar refractivity (Wildman–Crippen MR) is 180 cm³/mol. The Morgan fingerprint density at radius 2 is 1.52 bits per heavy atom. The van der Waals surface area contributed by atoms with Crippen LogP contribution in [0.5, 0.6) is 0 Å². The largest absolute Gasteiger partial charge is 0.464 e. The van der Waals surface area contributed by atoms with Gasteiger partial charge in [0.2, 0.25) is 0 Å². The van der Waals surface area contributed by atoms with Crippen molar-refractivity contribution in [1.29, 1.82) is 10.5 Å². The number of aliphatic hydroxyl groups is 1. The fourth-order valence-electron chi connectivity index (χ4n) is 2.97. The molecule has 3 rings (SSSR count). The second kappa shape index (κ2) is 29.7. The van der Waals surface area contributed by atoms with Gasteiger partial charge in [-0.05, 0) is 6.92 Å². The number of hydrogen-bond acceptors (Lipinski definition) is 14. The summed E-state index contributed by atoms with van der Waals surface area (Å²) in [4.78, 5) is 27.5. The Bertz CT molecular complexity index is 888. The van der Waals surface area contributed by atoms with E-state index < -0.39 is 12.2 Å². The van der Waals surface area contributed by atoms with Gasteiger partial charge in [-0.15, -0.1) is 0 Å². The standard InChI is InChI=1S/C7H15N2O3P.C7H14NO3P.C5H9N2OP.C3H2ClN.C2H8NOP/c1-8(11-2)7(10)6-5-9(13)3-4-12-6;1-2-10-7(9)6-5-8(12)3-4-11-6;6-3-5-4-7(9)1-2-8-5;1-3(4)2-5;4-2-1-3-5/h6H,3-5,13H2,1-2H3;6H,2-5,12H2,1H3;5H,1-2,4,9H2;1H2;3-4H,1-2,5H2. The summed E-state index contributed by atoms with van der Waals surface area (Å²) in [7, 11) is 13.0. The molecule has 1 amide bonds. The summed E-state index contributed by atoms with van der Waals surface area (Å²) in [6.07, 6.45) is -1.04. The Morgan fingerprint density at radius 1 is 1.05 bits per heavy atom. The summed E-state index contributed by atoms with van der Waals surface area (Å²) in [5, 5.41) is 28.0. The van der Waals surface area contributed by atoms with Crippen LogP contribution in [0, 0.1) is 22.7 Å². The Hall–Kier alpha value is -0.690. The van der Waals surface area contributed by atoms with Crippen LogP contribution < -0.4 is 5.09 Å². The van der Waals surface area contributed by atoms with E-state index in [9.17, 15) is 9.59 Å². The number of rotatable bonds is 6. The minimum absolute atomic E-state index is 0.0324. The van der Waals surface area contributed by atoms with E-state index in [1.165, 1.54) is 12.2 Å². The van der Waals surface area contributed by atoms with E-state index in [2.05, 4.69) is 55.3 Å². The number of amides is 1. The number of esters is 1. The highest BCUT2D eigenvalue weighted by atomic mass is 35.5. The van der Waals surface area contributed by atoms with Crippen molar-refractivity contribution in [3.05, 3.63) is 11.6 Å². The molecule has 3 aliphatic heterocycles. The number of carbonyl (C=O) groups is 2. The lowest BCUT2D eigenvalue weighted by Crippen LogP contribution is -2.47. The van der Waals surface area contributed by atoms with Crippen LogP contribution >= 0.6 is 49.2 Å². The third-order valence-electron chi connectivity index (χ3n) is 5.22. The fourth-order valence-corrected chi connectivity index (χ4v) is 3.99. The Balaban J connectivity index is 0. The molecule has 3 aliphatic rings. The van der Waals surface area contributed by atoms with Crippen LogP contribution in [0.4, 0.5) is 0 Å². The van der Waals surface area contributed by atoms with Crippen molar-refractivity contribution in [2.45, 2.75) is 25.2 Å². The second-order valence-electron chi connectivity index (χ2n) is 8.66. The fraction of sp³-hybridized carbons (Fsp3) is 0.750. The Labute approximate surface area is 275 Å². The van der Waals surface area contributed by atoms with E-state index in [0.29, 0.717) is 52.6 Å². The molecule has 7 unspecified atom stereocenters. The highest BCUT2D eigenvalue weighted by Crippen LogP contribution is 2.11. The summed E-state index contributed by atoms with van der Waals surface area (Å²) in [5.74, 6) is -0.403. The molecule has 3 fully saturated rings. The van der Waals surface area contributed by atoms with Crippen molar-refractivity contribution in [3.63, 3.8) is 0 Å². The van der Waals surface area contributed by atoms with Crippen molar-refractivity contribution < 1.29 is 38.5 Å². The molecule has 2 N–H and O–H groups in total. The van der Waals surface area contributed by atoms with Gasteiger partial charge in [-0.1, -0.05) is 55.7 Å². The summed E-state index contributed by atoms with van der Waals surface area (Å²) in [6.45, 7) is 12.5. The maximum absolute atomic E-state index is 11.5. The smallest absolute Gasteiger partial charge is 0.336 e. The number of morpholine rings is 3. The van der Waals surface area contributed by atoms with Crippen LogP contribution in [-0.4, -0.2) is 147 Å². The first-order valence-corrected chi connectivity index (χ1v) is 15.9. The third-order valence-corrected chi connectivity index (χ3v) is 7.00. The van der Waals surface area contributed by atoms with Crippen molar-refractivity contribution >= 4 is 61.0 Å². The van der Waals surface area contributed by atoms with E-state index in [-0.39, 0.29) is 29.6 Å². The van der Waals surface area contributed by atoms with E-state index in [1.54, 1.807) is 20.0 Å². The molecule has 0 aromatic carbocycles. The highest BCUT2D eigenvalue weighted by molar-refractivity contribution is 7.13.